The zero-order valence-corrected chi connectivity index (χ0v) is 15.8. The molecule has 0 aliphatic carbocycles. The lowest BCUT2D eigenvalue weighted by molar-refractivity contribution is 0.00983. The maximum atomic E-state index is 5.68. The predicted molar refractivity (Wildman–Crippen MR) is 93.4 cm³/mol. The summed E-state index contributed by atoms with van der Waals surface area (Å²) in [6.07, 6.45) is 0. The van der Waals surface area contributed by atoms with E-state index in [1.165, 1.54) is 32.7 Å². The molecule has 132 valence electrons. The average molecular weight is 315 g/mol. The molecule has 0 aromatic rings. The first-order valence-electron chi connectivity index (χ1n) is 8.76. The molecule has 0 spiro atoms. The first-order chi connectivity index (χ1) is 10.2. The molecule has 0 N–H and O–H groups in total. The van der Waals surface area contributed by atoms with Crippen LogP contribution in [0.15, 0.2) is 0 Å². The van der Waals surface area contributed by atoms with Crippen LogP contribution in [-0.2, 0) is 9.47 Å². The van der Waals surface area contributed by atoms with Crippen molar-refractivity contribution in [2.75, 3.05) is 65.7 Å². The smallest absolute Gasteiger partial charge is 0.0701 e. The van der Waals surface area contributed by atoms with Crippen molar-refractivity contribution in [2.24, 2.45) is 10.8 Å². The molecule has 0 aromatic heterocycles. The summed E-state index contributed by atoms with van der Waals surface area (Å²) < 4.78 is 11.3. The number of ether oxygens (including phenoxy) is 2. The van der Waals surface area contributed by atoms with Gasteiger partial charge >= 0.3 is 0 Å². The second-order valence-electron chi connectivity index (χ2n) is 8.90. The first kappa shape index (κ1) is 19.9. The Labute approximate surface area is 138 Å². The molecule has 1 heterocycles. The van der Waals surface area contributed by atoms with Gasteiger partial charge in [-0.05, 0) is 10.8 Å². The Hall–Kier alpha value is -0.160. The number of nitrogens with zero attached hydrogens (tertiary/aromatic N) is 2. The minimum Gasteiger partial charge on any atom is -0.379 e. The van der Waals surface area contributed by atoms with E-state index in [0.717, 1.165) is 19.8 Å². The van der Waals surface area contributed by atoms with E-state index in [-0.39, 0.29) is 5.41 Å². The third-order valence-corrected chi connectivity index (χ3v) is 3.62. The summed E-state index contributed by atoms with van der Waals surface area (Å²) in [5, 5.41) is 0. The highest BCUT2D eigenvalue weighted by Gasteiger charge is 2.21. The fourth-order valence-corrected chi connectivity index (χ4v) is 2.63. The van der Waals surface area contributed by atoms with E-state index < -0.39 is 0 Å². The van der Waals surface area contributed by atoms with Crippen molar-refractivity contribution in [2.45, 2.75) is 41.5 Å². The number of rotatable bonds is 8. The maximum absolute atomic E-state index is 5.68. The molecule has 1 rings (SSSR count). The summed E-state index contributed by atoms with van der Waals surface area (Å²) in [5.41, 5.74) is 0.644. The Balaban J connectivity index is 1.97. The van der Waals surface area contributed by atoms with E-state index in [2.05, 4.69) is 51.3 Å². The van der Waals surface area contributed by atoms with Crippen molar-refractivity contribution < 1.29 is 9.47 Å². The van der Waals surface area contributed by atoms with Crippen LogP contribution in [0.3, 0.4) is 0 Å². The highest BCUT2D eigenvalue weighted by molar-refractivity contribution is 4.76. The molecule has 4 nitrogen and oxygen atoms in total. The SMILES string of the molecule is CC(C)(C)COCCOCCN1CCN(CC(C)(C)C)CC1. The zero-order chi connectivity index (χ0) is 16.6. The van der Waals surface area contributed by atoms with Gasteiger partial charge < -0.3 is 14.4 Å². The van der Waals surface area contributed by atoms with Crippen LogP contribution < -0.4 is 0 Å². The molecular formula is C18H38N2O2. The highest BCUT2D eigenvalue weighted by atomic mass is 16.5. The van der Waals surface area contributed by atoms with Crippen LogP contribution in [0.25, 0.3) is 0 Å². The molecule has 0 unspecified atom stereocenters. The maximum Gasteiger partial charge on any atom is 0.0701 e. The van der Waals surface area contributed by atoms with Crippen molar-refractivity contribution in [3.8, 4) is 0 Å². The molecule has 0 saturated carbocycles. The highest BCUT2D eigenvalue weighted by Crippen LogP contribution is 2.16. The van der Waals surface area contributed by atoms with E-state index in [1.54, 1.807) is 0 Å². The molecule has 1 saturated heterocycles. The van der Waals surface area contributed by atoms with Gasteiger partial charge in [0.1, 0.15) is 0 Å². The topological polar surface area (TPSA) is 24.9 Å². The number of hydrogen-bond donors (Lipinski definition) is 0. The molecule has 1 aliphatic rings. The second kappa shape index (κ2) is 9.21. The molecule has 4 heteroatoms. The monoisotopic (exact) mass is 314 g/mol. The summed E-state index contributed by atoms with van der Waals surface area (Å²) in [5.74, 6) is 0. The second-order valence-corrected chi connectivity index (χ2v) is 8.90. The molecule has 0 aromatic carbocycles. The fraction of sp³-hybridized carbons (Fsp3) is 1.00. The predicted octanol–water partition coefficient (Wildman–Crippen LogP) is 2.73. The minimum absolute atomic E-state index is 0.243. The van der Waals surface area contributed by atoms with Crippen LogP contribution in [0.2, 0.25) is 0 Å². The summed E-state index contributed by atoms with van der Waals surface area (Å²) in [6, 6.07) is 0. The third kappa shape index (κ3) is 10.5. The van der Waals surface area contributed by atoms with Crippen LogP contribution in [0, 0.1) is 10.8 Å². The van der Waals surface area contributed by atoms with Crippen LogP contribution in [0.1, 0.15) is 41.5 Å². The van der Waals surface area contributed by atoms with E-state index in [9.17, 15) is 0 Å². The molecular weight excluding hydrogens is 276 g/mol. The van der Waals surface area contributed by atoms with Gasteiger partial charge in [0.05, 0.1) is 26.4 Å². The molecule has 0 bridgehead atoms. The number of hydrogen-bond acceptors (Lipinski definition) is 4. The minimum atomic E-state index is 0.243. The summed E-state index contributed by atoms with van der Waals surface area (Å²) in [6.45, 7) is 23.5. The Bertz CT molecular complexity index is 286. The molecule has 0 radical (unpaired) electrons. The largest absolute Gasteiger partial charge is 0.379 e. The number of piperazine rings is 1. The van der Waals surface area contributed by atoms with Gasteiger partial charge in [-0.3, -0.25) is 4.90 Å². The van der Waals surface area contributed by atoms with Crippen molar-refractivity contribution in [3.05, 3.63) is 0 Å². The van der Waals surface area contributed by atoms with Gasteiger partial charge in [-0.1, -0.05) is 41.5 Å². The summed E-state index contributed by atoms with van der Waals surface area (Å²) in [4.78, 5) is 5.09. The van der Waals surface area contributed by atoms with Crippen molar-refractivity contribution in [1.82, 2.24) is 9.80 Å². The quantitative estimate of drug-likeness (QED) is 0.643. The third-order valence-electron chi connectivity index (χ3n) is 3.62. The molecule has 1 fully saturated rings. The Morgan fingerprint density at radius 2 is 1.23 bits per heavy atom. The molecule has 0 atom stereocenters. The van der Waals surface area contributed by atoms with E-state index in [4.69, 9.17) is 9.47 Å². The lowest BCUT2D eigenvalue weighted by Crippen LogP contribution is -2.49. The van der Waals surface area contributed by atoms with Crippen molar-refractivity contribution >= 4 is 0 Å². The Morgan fingerprint density at radius 1 is 0.682 bits per heavy atom. The van der Waals surface area contributed by atoms with Crippen LogP contribution in [0.5, 0.6) is 0 Å². The van der Waals surface area contributed by atoms with Gasteiger partial charge in [-0.25, -0.2) is 0 Å². The van der Waals surface area contributed by atoms with Crippen LogP contribution >= 0.6 is 0 Å². The fourth-order valence-electron chi connectivity index (χ4n) is 2.63. The van der Waals surface area contributed by atoms with Crippen LogP contribution in [-0.4, -0.2) is 75.5 Å². The van der Waals surface area contributed by atoms with Gasteiger partial charge in [0, 0.05) is 39.3 Å². The Morgan fingerprint density at radius 3 is 1.77 bits per heavy atom. The van der Waals surface area contributed by atoms with Crippen LogP contribution in [0.4, 0.5) is 0 Å². The van der Waals surface area contributed by atoms with Gasteiger partial charge in [0.25, 0.3) is 0 Å². The lowest BCUT2D eigenvalue weighted by Gasteiger charge is -2.37. The molecule has 22 heavy (non-hydrogen) atoms. The summed E-state index contributed by atoms with van der Waals surface area (Å²) in [7, 11) is 0. The van der Waals surface area contributed by atoms with Gasteiger partial charge in [0.15, 0.2) is 0 Å². The molecule has 0 amide bonds. The van der Waals surface area contributed by atoms with Crippen molar-refractivity contribution in [3.63, 3.8) is 0 Å². The first-order valence-corrected chi connectivity index (χ1v) is 8.76. The van der Waals surface area contributed by atoms with Gasteiger partial charge in [-0.2, -0.15) is 0 Å². The van der Waals surface area contributed by atoms with Gasteiger partial charge in [-0.15, -0.1) is 0 Å². The lowest BCUT2D eigenvalue weighted by atomic mass is 9.96. The zero-order valence-electron chi connectivity index (χ0n) is 15.8. The van der Waals surface area contributed by atoms with E-state index >= 15 is 0 Å². The standard InChI is InChI=1S/C18H38N2O2/c1-17(2,3)15-20-9-7-19(8-10-20)11-12-21-13-14-22-16-18(4,5)6/h7-16H2,1-6H3. The van der Waals surface area contributed by atoms with Gasteiger partial charge in [0.2, 0.25) is 0 Å². The normalized spacial score (nSPS) is 18.8. The van der Waals surface area contributed by atoms with E-state index in [1.807, 2.05) is 0 Å². The molecule has 1 aliphatic heterocycles. The van der Waals surface area contributed by atoms with Crippen molar-refractivity contribution in [1.29, 1.82) is 0 Å². The average Bonchev–Trinajstić information content (AvgIpc) is 2.36. The van der Waals surface area contributed by atoms with E-state index in [0.29, 0.717) is 18.6 Å². The Kier molecular flexibility index (Phi) is 8.33. The summed E-state index contributed by atoms with van der Waals surface area (Å²) >= 11 is 0.